The summed E-state index contributed by atoms with van der Waals surface area (Å²) in [6.07, 6.45) is 0. The number of fused-ring (bicyclic) bond motifs is 2. The van der Waals surface area contributed by atoms with E-state index in [2.05, 4.69) is 23.2 Å². The summed E-state index contributed by atoms with van der Waals surface area (Å²) in [5.74, 6) is 0. The summed E-state index contributed by atoms with van der Waals surface area (Å²) in [6.45, 7) is 0. The molecule has 4 nitrogen and oxygen atoms in total. The molecule has 5 heteroatoms. The van der Waals surface area contributed by atoms with Gasteiger partial charge < -0.3 is 15.1 Å². The van der Waals surface area contributed by atoms with E-state index in [0.717, 1.165) is 11.0 Å². The predicted molar refractivity (Wildman–Crippen MR) is 65.0 cm³/mol. The van der Waals surface area contributed by atoms with Crippen molar-refractivity contribution in [1.29, 1.82) is 0 Å². The standard InChI is InChI=1S/C13H9N.BO3/c1-3-7-12-10(5-1)9-11-6-2-4-8-13(11)14-12;2-1(3)4/h1-9H;/q;-3. The summed E-state index contributed by atoms with van der Waals surface area (Å²) in [5, 5.41) is 27.7. The molecule has 0 saturated heterocycles. The van der Waals surface area contributed by atoms with E-state index in [-0.39, 0.29) is 0 Å². The lowest BCUT2D eigenvalue weighted by atomic mass is 10.1. The van der Waals surface area contributed by atoms with E-state index < -0.39 is 7.32 Å². The van der Waals surface area contributed by atoms with E-state index in [1.807, 2.05) is 36.4 Å². The quantitative estimate of drug-likeness (QED) is 0.388. The minimum absolute atomic E-state index is 1.06. The number of pyridine rings is 1. The molecule has 0 atom stereocenters. The van der Waals surface area contributed by atoms with Gasteiger partial charge in [-0.25, -0.2) is 4.98 Å². The van der Waals surface area contributed by atoms with Gasteiger partial charge in [-0.2, -0.15) is 0 Å². The van der Waals surface area contributed by atoms with Crippen molar-refractivity contribution in [3.05, 3.63) is 54.6 Å². The van der Waals surface area contributed by atoms with Crippen LogP contribution in [0.4, 0.5) is 0 Å². The molecule has 1 aromatic heterocycles. The van der Waals surface area contributed by atoms with Gasteiger partial charge in [0, 0.05) is 10.8 Å². The predicted octanol–water partition coefficient (Wildman–Crippen LogP) is -0.560. The number of hydrogen-bond donors (Lipinski definition) is 0. The van der Waals surface area contributed by atoms with Gasteiger partial charge in [0.15, 0.2) is 0 Å². The normalized spacial score (nSPS) is 9.94. The highest BCUT2D eigenvalue weighted by Gasteiger charge is 1.96. The second kappa shape index (κ2) is 5.60. The Labute approximate surface area is 104 Å². The topological polar surface area (TPSA) is 82.1 Å². The monoisotopic (exact) mass is 238 g/mol. The summed E-state index contributed by atoms with van der Waals surface area (Å²) in [5.41, 5.74) is 2.12. The molecule has 3 rings (SSSR count). The molecule has 1 heterocycles. The zero-order valence-electron chi connectivity index (χ0n) is 9.45. The highest BCUT2D eigenvalue weighted by atomic mass is 16.5. The minimum atomic E-state index is -2.92. The number of nitrogens with zero attached hydrogens (tertiary/aromatic N) is 1. The number of hydrogen-bond acceptors (Lipinski definition) is 4. The van der Waals surface area contributed by atoms with Gasteiger partial charge in [-0.1, -0.05) is 36.4 Å². The molecule has 0 bridgehead atoms. The van der Waals surface area contributed by atoms with Crippen LogP contribution >= 0.6 is 0 Å². The molecule has 3 aromatic rings. The number of para-hydroxylation sites is 2. The van der Waals surface area contributed by atoms with Crippen LogP contribution in [0.5, 0.6) is 0 Å². The van der Waals surface area contributed by atoms with E-state index in [9.17, 15) is 0 Å². The third kappa shape index (κ3) is 3.04. The molecule has 0 aliphatic carbocycles. The Hall–Kier alpha value is -1.95. The van der Waals surface area contributed by atoms with Crippen LogP contribution in [0.1, 0.15) is 0 Å². The summed E-state index contributed by atoms with van der Waals surface area (Å²) in [6, 6.07) is 18.6. The zero-order chi connectivity index (χ0) is 13.0. The molecular weight excluding hydrogens is 229 g/mol. The van der Waals surface area contributed by atoms with Crippen molar-refractivity contribution in [2.45, 2.75) is 0 Å². The van der Waals surface area contributed by atoms with Crippen LogP contribution in [0.25, 0.3) is 21.8 Å². The fraction of sp³-hybridized carbons (Fsp3) is 0. The lowest BCUT2D eigenvalue weighted by molar-refractivity contribution is -0.479. The molecule has 0 fully saturated rings. The molecule has 0 radical (unpaired) electrons. The SMILES string of the molecule is [O-]B([O-])[O-].c1ccc2nc3ccccc3cc2c1. The fourth-order valence-electron chi connectivity index (χ4n) is 1.72. The lowest BCUT2D eigenvalue weighted by Crippen LogP contribution is -2.56. The van der Waals surface area contributed by atoms with Crippen LogP contribution in [-0.2, 0) is 0 Å². The molecule has 0 amide bonds. The first-order valence-electron chi connectivity index (χ1n) is 5.39. The largest absolute Gasteiger partial charge is 0.907 e. The Kier molecular flexibility index (Phi) is 3.89. The zero-order valence-corrected chi connectivity index (χ0v) is 9.45. The Morgan fingerprint density at radius 2 is 1.11 bits per heavy atom. The first kappa shape index (κ1) is 12.5. The van der Waals surface area contributed by atoms with Crippen LogP contribution in [0, 0.1) is 0 Å². The summed E-state index contributed by atoms with van der Waals surface area (Å²) < 4.78 is 0. The van der Waals surface area contributed by atoms with Gasteiger partial charge in [0.05, 0.1) is 11.0 Å². The molecule has 0 unspecified atom stereocenters. The van der Waals surface area contributed by atoms with E-state index >= 15 is 0 Å². The fourth-order valence-corrected chi connectivity index (χ4v) is 1.72. The third-order valence-electron chi connectivity index (χ3n) is 2.43. The molecule has 18 heavy (non-hydrogen) atoms. The van der Waals surface area contributed by atoms with Gasteiger partial charge in [0.1, 0.15) is 0 Å². The number of aromatic nitrogens is 1. The van der Waals surface area contributed by atoms with Gasteiger partial charge in [-0.15, -0.1) is 0 Å². The third-order valence-corrected chi connectivity index (χ3v) is 2.43. The van der Waals surface area contributed by atoms with Crippen LogP contribution < -0.4 is 15.1 Å². The number of benzene rings is 2. The average molecular weight is 238 g/mol. The Balaban J connectivity index is 0.000000267. The van der Waals surface area contributed by atoms with Crippen molar-refractivity contribution in [3.63, 3.8) is 0 Å². The van der Waals surface area contributed by atoms with Crippen LogP contribution in [0.3, 0.4) is 0 Å². The molecule has 0 aliphatic heterocycles. The Morgan fingerprint density at radius 3 is 1.56 bits per heavy atom. The van der Waals surface area contributed by atoms with Crippen LogP contribution in [0.2, 0.25) is 0 Å². The summed E-state index contributed by atoms with van der Waals surface area (Å²) >= 11 is 0. The second-order valence-corrected chi connectivity index (χ2v) is 3.66. The molecular formula is C13H9BNO3-3. The maximum absolute atomic E-state index is 8.42. The molecule has 0 saturated carbocycles. The Morgan fingerprint density at radius 1 is 0.722 bits per heavy atom. The van der Waals surface area contributed by atoms with Crippen molar-refractivity contribution < 1.29 is 15.1 Å². The summed E-state index contributed by atoms with van der Waals surface area (Å²) in [4.78, 5) is 4.58. The van der Waals surface area contributed by atoms with Gasteiger partial charge in [0.2, 0.25) is 0 Å². The molecule has 0 spiro atoms. The maximum Gasteiger partial charge on any atom is 0.0709 e. The van der Waals surface area contributed by atoms with E-state index in [4.69, 9.17) is 15.1 Å². The highest BCUT2D eigenvalue weighted by molar-refractivity contribution is 6.24. The van der Waals surface area contributed by atoms with E-state index in [0.29, 0.717) is 0 Å². The molecule has 0 aliphatic rings. The Bertz CT molecular complexity index is 550. The maximum atomic E-state index is 8.42. The molecule has 0 N–H and O–H groups in total. The smallest absolute Gasteiger partial charge is 0.0709 e. The van der Waals surface area contributed by atoms with Gasteiger partial charge in [-0.05, 0) is 18.2 Å². The van der Waals surface area contributed by atoms with E-state index in [1.54, 1.807) is 0 Å². The first-order valence-corrected chi connectivity index (χ1v) is 5.39. The minimum Gasteiger partial charge on any atom is -0.907 e. The van der Waals surface area contributed by atoms with E-state index in [1.165, 1.54) is 10.8 Å². The summed E-state index contributed by atoms with van der Waals surface area (Å²) in [7, 11) is -2.92. The van der Waals surface area contributed by atoms with Gasteiger partial charge >= 0.3 is 0 Å². The highest BCUT2D eigenvalue weighted by Crippen LogP contribution is 2.18. The van der Waals surface area contributed by atoms with Gasteiger partial charge in [-0.3, -0.25) is 7.32 Å². The first-order chi connectivity index (χ1) is 8.66. The van der Waals surface area contributed by atoms with Crippen molar-refractivity contribution in [1.82, 2.24) is 4.98 Å². The van der Waals surface area contributed by atoms with Crippen molar-refractivity contribution >= 4 is 29.1 Å². The second-order valence-electron chi connectivity index (χ2n) is 3.66. The van der Waals surface area contributed by atoms with Crippen LogP contribution in [0.15, 0.2) is 54.6 Å². The number of rotatable bonds is 0. The average Bonchev–Trinajstić information content (AvgIpc) is 2.35. The van der Waals surface area contributed by atoms with Crippen LogP contribution in [-0.4, -0.2) is 12.3 Å². The molecule has 90 valence electrons. The van der Waals surface area contributed by atoms with Gasteiger partial charge in [0.25, 0.3) is 0 Å². The molecule has 2 aromatic carbocycles. The lowest BCUT2D eigenvalue weighted by Gasteiger charge is -2.35. The van der Waals surface area contributed by atoms with Crippen molar-refractivity contribution in [3.8, 4) is 0 Å². The van der Waals surface area contributed by atoms with Crippen molar-refractivity contribution in [2.24, 2.45) is 0 Å². The van der Waals surface area contributed by atoms with Crippen molar-refractivity contribution in [2.75, 3.05) is 0 Å².